The van der Waals surface area contributed by atoms with Gasteiger partial charge in [-0.15, -0.1) is 0 Å². The van der Waals surface area contributed by atoms with Gasteiger partial charge in [-0.05, 0) is 17.7 Å². The summed E-state index contributed by atoms with van der Waals surface area (Å²) in [7, 11) is 3.55. The molecule has 3 rings (SSSR count). The molecule has 0 aliphatic carbocycles. The van der Waals surface area contributed by atoms with Crippen molar-refractivity contribution in [3.05, 3.63) is 67.0 Å². The molecule has 1 amide bonds. The number of benzene rings is 1. The van der Waals surface area contributed by atoms with Crippen molar-refractivity contribution in [1.82, 2.24) is 19.6 Å². The standard InChI is InChI=1S/C20H23N5O2/c1-4-20(26)25(19-10-12-24(22-19)13-14-27-3)15-16-7-5-6-8-17(16)18-9-11-21-23(18)2/h4-12H,1,13-15H2,2-3H3. The second kappa shape index (κ2) is 8.46. The van der Waals surface area contributed by atoms with Crippen LogP contribution in [0.25, 0.3) is 11.3 Å². The average molecular weight is 365 g/mol. The van der Waals surface area contributed by atoms with E-state index in [9.17, 15) is 4.79 Å². The van der Waals surface area contributed by atoms with E-state index >= 15 is 0 Å². The highest BCUT2D eigenvalue weighted by atomic mass is 16.5. The molecule has 140 valence electrons. The molecule has 0 saturated carbocycles. The van der Waals surface area contributed by atoms with Crippen LogP contribution in [-0.4, -0.2) is 39.2 Å². The summed E-state index contributed by atoms with van der Waals surface area (Å²) in [6, 6.07) is 11.8. The van der Waals surface area contributed by atoms with Crippen LogP contribution in [0.5, 0.6) is 0 Å². The highest BCUT2D eigenvalue weighted by Gasteiger charge is 2.19. The molecule has 2 aromatic heterocycles. The van der Waals surface area contributed by atoms with Crippen LogP contribution in [0, 0.1) is 0 Å². The van der Waals surface area contributed by atoms with Crippen molar-refractivity contribution in [2.24, 2.45) is 7.05 Å². The highest BCUT2D eigenvalue weighted by Crippen LogP contribution is 2.25. The molecule has 0 unspecified atom stereocenters. The lowest BCUT2D eigenvalue weighted by Gasteiger charge is -2.20. The van der Waals surface area contributed by atoms with Crippen molar-refractivity contribution in [2.45, 2.75) is 13.1 Å². The molecule has 0 bridgehead atoms. The molecule has 0 aliphatic heterocycles. The Kier molecular flexibility index (Phi) is 5.83. The zero-order valence-electron chi connectivity index (χ0n) is 15.6. The van der Waals surface area contributed by atoms with E-state index in [1.165, 1.54) is 6.08 Å². The summed E-state index contributed by atoms with van der Waals surface area (Å²) in [5.41, 5.74) is 3.02. The van der Waals surface area contributed by atoms with Gasteiger partial charge in [-0.3, -0.25) is 19.1 Å². The summed E-state index contributed by atoms with van der Waals surface area (Å²) in [6.45, 7) is 5.19. The maximum atomic E-state index is 12.5. The molecule has 27 heavy (non-hydrogen) atoms. The number of aryl methyl sites for hydroxylation is 1. The fourth-order valence-electron chi connectivity index (χ4n) is 2.90. The third kappa shape index (κ3) is 4.15. The molecule has 0 spiro atoms. The minimum absolute atomic E-state index is 0.202. The second-order valence-electron chi connectivity index (χ2n) is 6.06. The summed E-state index contributed by atoms with van der Waals surface area (Å²) in [6.07, 6.45) is 4.90. The fraction of sp³-hybridized carbons (Fsp3) is 0.250. The summed E-state index contributed by atoms with van der Waals surface area (Å²) in [4.78, 5) is 14.1. The zero-order chi connectivity index (χ0) is 19.2. The number of ether oxygens (including phenoxy) is 1. The van der Waals surface area contributed by atoms with Crippen LogP contribution in [0.2, 0.25) is 0 Å². The van der Waals surface area contributed by atoms with Gasteiger partial charge >= 0.3 is 0 Å². The molecule has 0 atom stereocenters. The summed E-state index contributed by atoms with van der Waals surface area (Å²) in [5.74, 6) is 0.377. The molecule has 2 heterocycles. The maximum Gasteiger partial charge on any atom is 0.251 e. The van der Waals surface area contributed by atoms with Crippen molar-refractivity contribution in [3.8, 4) is 11.3 Å². The zero-order valence-corrected chi connectivity index (χ0v) is 15.6. The lowest BCUT2D eigenvalue weighted by molar-refractivity contribution is -0.114. The van der Waals surface area contributed by atoms with Crippen LogP contribution in [0.3, 0.4) is 0 Å². The lowest BCUT2D eigenvalue weighted by atomic mass is 10.0. The first-order valence-corrected chi connectivity index (χ1v) is 8.66. The predicted octanol–water partition coefficient (Wildman–Crippen LogP) is 2.65. The molecule has 3 aromatic rings. The number of methoxy groups -OCH3 is 1. The Balaban J connectivity index is 1.93. The monoisotopic (exact) mass is 365 g/mol. The topological polar surface area (TPSA) is 65.2 Å². The first-order chi connectivity index (χ1) is 13.1. The Bertz CT molecular complexity index is 928. The van der Waals surface area contributed by atoms with Crippen LogP contribution < -0.4 is 4.90 Å². The molecule has 1 aromatic carbocycles. The molecule has 7 nitrogen and oxygen atoms in total. The molecule has 0 N–H and O–H groups in total. The maximum absolute atomic E-state index is 12.5. The van der Waals surface area contributed by atoms with Gasteiger partial charge in [0.15, 0.2) is 5.82 Å². The molecule has 7 heteroatoms. The first kappa shape index (κ1) is 18.6. The molecule has 0 aliphatic rings. The number of aromatic nitrogens is 4. The molecule has 0 radical (unpaired) electrons. The van der Waals surface area contributed by atoms with Crippen LogP contribution in [0.1, 0.15) is 5.56 Å². The van der Waals surface area contributed by atoms with Gasteiger partial charge in [0.2, 0.25) is 0 Å². The van der Waals surface area contributed by atoms with E-state index in [0.29, 0.717) is 25.5 Å². The Labute approximate surface area is 158 Å². The number of carbonyl (C=O) groups is 1. The number of hydrogen-bond acceptors (Lipinski definition) is 4. The van der Waals surface area contributed by atoms with Gasteiger partial charge in [0.1, 0.15) is 0 Å². The number of nitrogens with zero attached hydrogens (tertiary/aromatic N) is 5. The van der Waals surface area contributed by atoms with Crippen molar-refractivity contribution in [3.63, 3.8) is 0 Å². The van der Waals surface area contributed by atoms with E-state index in [1.807, 2.05) is 54.3 Å². The number of anilines is 1. The third-order valence-electron chi connectivity index (χ3n) is 4.31. The Morgan fingerprint density at radius 3 is 2.81 bits per heavy atom. The molecular formula is C20H23N5O2. The number of rotatable bonds is 8. The first-order valence-electron chi connectivity index (χ1n) is 8.66. The minimum atomic E-state index is -0.202. The minimum Gasteiger partial charge on any atom is -0.383 e. The largest absolute Gasteiger partial charge is 0.383 e. The fourth-order valence-corrected chi connectivity index (χ4v) is 2.90. The Morgan fingerprint density at radius 1 is 1.30 bits per heavy atom. The molecular weight excluding hydrogens is 342 g/mol. The van der Waals surface area contributed by atoms with Crippen molar-refractivity contribution >= 4 is 11.7 Å². The van der Waals surface area contributed by atoms with E-state index in [4.69, 9.17) is 4.74 Å². The normalized spacial score (nSPS) is 10.7. The predicted molar refractivity (Wildman–Crippen MR) is 104 cm³/mol. The van der Waals surface area contributed by atoms with E-state index in [2.05, 4.69) is 16.8 Å². The van der Waals surface area contributed by atoms with Crippen LogP contribution in [0.4, 0.5) is 5.82 Å². The second-order valence-corrected chi connectivity index (χ2v) is 6.06. The van der Waals surface area contributed by atoms with E-state index in [0.717, 1.165) is 16.8 Å². The SMILES string of the molecule is C=CC(=O)N(Cc1ccccc1-c1ccnn1C)c1ccn(CCOC)n1. The number of amides is 1. The van der Waals surface area contributed by atoms with Crippen molar-refractivity contribution in [2.75, 3.05) is 18.6 Å². The van der Waals surface area contributed by atoms with Gasteiger partial charge < -0.3 is 4.74 Å². The molecule has 0 fully saturated rings. The Morgan fingerprint density at radius 2 is 2.11 bits per heavy atom. The van der Waals surface area contributed by atoms with Gasteiger partial charge in [-0.25, -0.2) is 0 Å². The van der Waals surface area contributed by atoms with E-state index < -0.39 is 0 Å². The van der Waals surface area contributed by atoms with Crippen LogP contribution >= 0.6 is 0 Å². The smallest absolute Gasteiger partial charge is 0.251 e. The summed E-state index contributed by atoms with van der Waals surface area (Å²) in [5, 5.41) is 8.75. The van der Waals surface area contributed by atoms with Crippen LogP contribution in [0.15, 0.2) is 61.4 Å². The average Bonchev–Trinajstić information content (AvgIpc) is 3.33. The van der Waals surface area contributed by atoms with Crippen LogP contribution in [-0.2, 0) is 29.7 Å². The number of carbonyl (C=O) groups excluding carboxylic acids is 1. The third-order valence-corrected chi connectivity index (χ3v) is 4.31. The quantitative estimate of drug-likeness (QED) is 0.576. The summed E-state index contributed by atoms with van der Waals surface area (Å²) >= 11 is 0. The highest BCUT2D eigenvalue weighted by molar-refractivity contribution is 6.00. The molecule has 0 saturated heterocycles. The van der Waals surface area contributed by atoms with Gasteiger partial charge in [0.25, 0.3) is 5.91 Å². The Hall–Kier alpha value is -3.19. The van der Waals surface area contributed by atoms with Crippen molar-refractivity contribution in [1.29, 1.82) is 0 Å². The van der Waals surface area contributed by atoms with E-state index in [1.54, 1.807) is 22.9 Å². The van der Waals surface area contributed by atoms with Crippen molar-refractivity contribution < 1.29 is 9.53 Å². The summed E-state index contributed by atoms with van der Waals surface area (Å²) < 4.78 is 8.66. The van der Waals surface area contributed by atoms with Gasteiger partial charge in [0, 0.05) is 38.2 Å². The van der Waals surface area contributed by atoms with E-state index in [-0.39, 0.29) is 5.91 Å². The van der Waals surface area contributed by atoms with Gasteiger partial charge in [-0.2, -0.15) is 10.2 Å². The van der Waals surface area contributed by atoms with Gasteiger partial charge in [-0.1, -0.05) is 30.8 Å². The van der Waals surface area contributed by atoms with Gasteiger partial charge in [0.05, 0.1) is 25.4 Å². The lowest BCUT2D eigenvalue weighted by Crippen LogP contribution is -2.29. The number of hydrogen-bond donors (Lipinski definition) is 0.